The van der Waals surface area contributed by atoms with E-state index in [1.54, 1.807) is 6.92 Å². The summed E-state index contributed by atoms with van der Waals surface area (Å²) >= 11 is 0. The maximum Gasteiger partial charge on any atom is 0.347 e. The molecule has 15 heavy (non-hydrogen) atoms. The van der Waals surface area contributed by atoms with Gasteiger partial charge >= 0.3 is 6.03 Å². The van der Waals surface area contributed by atoms with Gasteiger partial charge in [0.1, 0.15) is 0 Å². The molecule has 0 saturated heterocycles. The maximum atomic E-state index is 11.5. The molecular formula is C7H11N3O4S. The predicted octanol–water partition coefficient (Wildman–Crippen LogP) is -0.995. The standard InChI is InChI=1S/C7H11N3O4S/c1-3-8-15(13,14)5-4(2)9-7(12)10-6(5)11/h5,8H,3H2,1-2H3,(H,10,11,12). The van der Waals surface area contributed by atoms with Crippen molar-refractivity contribution >= 4 is 27.7 Å². The molecule has 0 saturated carbocycles. The van der Waals surface area contributed by atoms with Crippen LogP contribution >= 0.6 is 0 Å². The van der Waals surface area contributed by atoms with Gasteiger partial charge in [0.25, 0.3) is 5.91 Å². The van der Waals surface area contributed by atoms with Gasteiger partial charge in [0.05, 0.1) is 0 Å². The van der Waals surface area contributed by atoms with Crippen LogP contribution in [-0.2, 0) is 14.8 Å². The van der Waals surface area contributed by atoms with E-state index in [2.05, 4.69) is 9.71 Å². The lowest BCUT2D eigenvalue weighted by Gasteiger charge is -2.19. The van der Waals surface area contributed by atoms with Crippen LogP contribution in [0.5, 0.6) is 0 Å². The summed E-state index contributed by atoms with van der Waals surface area (Å²) in [6.45, 7) is 3.10. The molecule has 7 nitrogen and oxygen atoms in total. The van der Waals surface area contributed by atoms with Gasteiger partial charge in [-0.05, 0) is 6.92 Å². The van der Waals surface area contributed by atoms with Crippen LogP contribution in [0.1, 0.15) is 13.8 Å². The molecule has 2 N–H and O–H groups in total. The number of rotatable bonds is 3. The summed E-state index contributed by atoms with van der Waals surface area (Å²) in [5.41, 5.74) is -0.0234. The third kappa shape index (κ3) is 2.39. The molecule has 0 fully saturated rings. The number of nitrogens with zero attached hydrogens (tertiary/aromatic N) is 1. The Morgan fingerprint density at radius 2 is 2.07 bits per heavy atom. The van der Waals surface area contributed by atoms with E-state index >= 15 is 0 Å². The predicted molar refractivity (Wildman–Crippen MR) is 53.0 cm³/mol. The van der Waals surface area contributed by atoms with Crippen molar-refractivity contribution in [2.45, 2.75) is 19.1 Å². The Morgan fingerprint density at radius 1 is 1.47 bits per heavy atom. The van der Waals surface area contributed by atoms with E-state index in [0.29, 0.717) is 0 Å². The number of nitrogens with one attached hydrogen (secondary N) is 2. The first-order valence-electron chi connectivity index (χ1n) is 4.27. The Labute approximate surface area is 87.0 Å². The number of aliphatic imine (C=N–C) groups is 1. The highest BCUT2D eigenvalue weighted by atomic mass is 32.2. The summed E-state index contributed by atoms with van der Waals surface area (Å²) in [6.07, 6.45) is 0. The van der Waals surface area contributed by atoms with E-state index in [-0.39, 0.29) is 12.3 Å². The average molecular weight is 233 g/mol. The number of hydrogen-bond acceptors (Lipinski definition) is 4. The highest BCUT2D eigenvalue weighted by Gasteiger charge is 2.38. The van der Waals surface area contributed by atoms with Crippen LogP contribution in [0, 0.1) is 0 Å². The summed E-state index contributed by atoms with van der Waals surface area (Å²) in [5, 5.41) is 0.419. The molecule has 1 rings (SSSR count). The molecule has 1 atom stereocenters. The molecule has 0 aliphatic carbocycles. The topological polar surface area (TPSA) is 105 Å². The van der Waals surface area contributed by atoms with Crippen molar-refractivity contribution in [3.63, 3.8) is 0 Å². The number of sulfonamides is 1. The van der Waals surface area contributed by atoms with Crippen LogP contribution in [0.2, 0.25) is 0 Å². The largest absolute Gasteiger partial charge is 0.347 e. The molecule has 0 spiro atoms. The molecule has 1 heterocycles. The summed E-state index contributed by atoms with van der Waals surface area (Å²) in [6, 6.07) is -0.833. The van der Waals surface area contributed by atoms with Gasteiger partial charge in [0.2, 0.25) is 10.0 Å². The number of carbonyl (C=O) groups is 2. The first kappa shape index (κ1) is 11.8. The fraction of sp³-hybridized carbons (Fsp3) is 0.571. The van der Waals surface area contributed by atoms with Gasteiger partial charge in [-0.2, -0.15) is 0 Å². The number of hydrogen-bond donors (Lipinski definition) is 2. The number of imide groups is 1. The summed E-state index contributed by atoms with van der Waals surface area (Å²) in [7, 11) is -3.80. The van der Waals surface area contributed by atoms with Crippen molar-refractivity contribution in [2.75, 3.05) is 6.54 Å². The minimum absolute atomic E-state index is 0.0234. The van der Waals surface area contributed by atoms with E-state index < -0.39 is 27.2 Å². The highest BCUT2D eigenvalue weighted by Crippen LogP contribution is 2.07. The van der Waals surface area contributed by atoms with Crippen molar-refractivity contribution in [3.8, 4) is 0 Å². The van der Waals surface area contributed by atoms with Crippen molar-refractivity contribution in [3.05, 3.63) is 0 Å². The van der Waals surface area contributed by atoms with Gasteiger partial charge < -0.3 is 0 Å². The first-order valence-corrected chi connectivity index (χ1v) is 5.81. The molecule has 1 aliphatic heterocycles. The van der Waals surface area contributed by atoms with Crippen molar-refractivity contribution < 1.29 is 18.0 Å². The summed E-state index contributed by atoms with van der Waals surface area (Å²) in [4.78, 5) is 25.5. The van der Waals surface area contributed by atoms with Crippen LogP contribution in [0.3, 0.4) is 0 Å². The maximum absolute atomic E-state index is 11.5. The molecule has 3 amide bonds. The monoisotopic (exact) mass is 233 g/mol. The van der Waals surface area contributed by atoms with E-state index in [0.717, 1.165) is 0 Å². The lowest BCUT2D eigenvalue weighted by atomic mass is 10.2. The van der Waals surface area contributed by atoms with Gasteiger partial charge in [0, 0.05) is 12.3 Å². The van der Waals surface area contributed by atoms with Gasteiger partial charge in [0.15, 0.2) is 5.25 Å². The fourth-order valence-corrected chi connectivity index (χ4v) is 2.67. The third-order valence-corrected chi connectivity index (χ3v) is 3.65. The minimum Gasteiger partial charge on any atom is -0.275 e. The number of urea groups is 1. The van der Waals surface area contributed by atoms with Crippen LogP contribution in [0.4, 0.5) is 4.79 Å². The average Bonchev–Trinajstić information content (AvgIpc) is 1.99. The Hall–Kier alpha value is -1.28. The Bertz CT molecular complexity index is 426. The molecule has 84 valence electrons. The quantitative estimate of drug-likeness (QED) is 0.652. The van der Waals surface area contributed by atoms with E-state index in [4.69, 9.17) is 0 Å². The van der Waals surface area contributed by atoms with Crippen molar-refractivity contribution in [1.29, 1.82) is 0 Å². The molecule has 0 bridgehead atoms. The zero-order valence-corrected chi connectivity index (χ0v) is 9.09. The van der Waals surface area contributed by atoms with Crippen molar-refractivity contribution in [1.82, 2.24) is 10.0 Å². The SMILES string of the molecule is CCNS(=O)(=O)C1C(=O)NC(=O)N=C1C. The van der Waals surface area contributed by atoms with E-state index in [1.165, 1.54) is 6.92 Å². The van der Waals surface area contributed by atoms with Crippen LogP contribution in [-0.4, -0.2) is 37.9 Å². The van der Waals surface area contributed by atoms with Crippen LogP contribution in [0.25, 0.3) is 0 Å². The van der Waals surface area contributed by atoms with Gasteiger partial charge in [-0.15, -0.1) is 0 Å². The molecule has 0 aromatic heterocycles. The Morgan fingerprint density at radius 3 is 2.53 bits per heavy atom. The Kier molecular flexibility index (Phi) is 3.20. The molecule has 1 aliphatic rings. The van der Waals surface area contributed by atoms with Crippen molar-refractivity contribution in [2.24, 2.45) is 4.99 Å². The smallest absolute Gasteiger partial charge is 0.275 e. The highest BCUT2D eigenvalue weighted by molar-refractivity contribution is 7.91. The lowest BCUT2D eigenvalue weighted by molar-refractivity contribution is -0.118. The normalized spacial score (nSPS) is 22.3. The third-order valence-electron chi connectivity index (χ3n) is 1.78. The fourth-order valence-electron chi connectivity index (χ4n) is 1.26. The molecule has 1 unspecified atom stereocenters. The van der Waals surface area contributed by atoms with Crippen LogP contribution < -0.4 is 10.0 Å². The van der Waals surface area contributed by atoms with E-state index in [9.17, 15) is 18.0 Å². The van der Waals surface area contributed by atoms with Gasteiger partial charge in [-0.1, -0.05) is 6.92 Å². The molecular weight excluding hydrogens is 222 g/mol. The van der Waals surface area contributed by atoms with Gasteiger partial charge in [-0.3, -0.25) is 10.1 Å². The number of carbonyl (C=O) groups excluding carboxylic acids is 2. The number of amides is 3. The molecule has 0 aromatic carbocycles. The van der Waals surface area contributed by atoms with Gasteiger partial charge in [-0.25, -0.2) is 22.9 Å². The summed E-state index contributed by atoms with van der Waals surface area (Å²) in [5.74, 6) is -0.867. The first-order chi connectivity index (χ1) is 6.88. The molecule has 0 radical (unpaired) electrons. The zero-order chi connectivity index (χ0) is 11.6. The molecule has 8 heteroatoms. The summed E-state index contributed by atoms with van der Waals surface area (Å²) < 4.78 is 25.3. The second-order valence-electron chi connectivity index (χ2n) is 2.97. The second-order valence-corrected chi connectivity index (χ2v) is 4.82. The Balaban J connectivity index is 3.10. The zero-order valence-electron chi connectivity index (χ0n) is 8.27. The van der Waals surface area contributed by atoms with E-state index in [1.807, 2.05) is 5.32 Å². The second kappa shape index (κ2) is 4.07. The lowest BCUT2D eigenvalue weighted by Crippen LogP contribution is -2.53. The minimum atomic E-state index is -3.80. The molecule has 0 aromatic rings. The van der Waals surface area contributed by atoms with Crippen LogP contribution in [0.15, 0.2) is 4.99 Å².